The molecule has 2 amide bonds. The van der Waals surface area contributed by atoms with Crippen molar-refractivity contribution in [3.63, 3.8) is 0 Å². The van der Waals surface area contributed by atoms with Crippen molar-refractivity contribution < 1.29 is 30.0 Å². The normalized spacial score (nSPS) is 24.1. The molecule has 5 rings (SSSR count). The van der Waals surface area contributed by atoms with Gasteiger partial charge in [-0.05, 0) is 35.4 Å². The molecule has 0 radical (unpaired) electrons. The van der Waals surface area contributed by atoms with Crippen LogP contribution < -0.4 is 42.5 Å². The van der Waals surface area contributed by atoms with E-state index in [9.17, 15) is 30.0 Å². The van der Waals surface area contributed by atoms with Crippen LogP contribution in [-0.2, 0) is 22.4 Å². The Hall–Kier alpha value is -3.66. The number of nitrogens with one attached hydrogen (secondary N) is 8. The first-order valence-electron chi connectivity index (χ1n) is 15.1. The monoisotopic (exact) mass is 614 g/mol. The lowest BCUT2D eigenvalue weighted by Crippen LogP contribution is -2.68. The molecule has 3 aliphatic heterocycles. The third-order valence-corrected chi connectivity index (χ3v) is 7.83. The fraction of sp³-hybridized carbons (Fsp3) is 0.533. The fourth-order valence-corrected chi connectivity index (χ4v) is 5.55. The first kappa shape index (κ1) is 33.2. The van der Waals surface area contributed by atoms with Crippen LogP contribution in [0.3, 0.4) is 0 Å². The van der Waals surface area contributed by atoms with Gasteiger partial charge in [-0.3, -0.25) is 9.59 Å². The van der Waals surface area contributed by atoms with E-state index in [-0.39, 0.29) is 47.7 Å². The van der Waals surface area contributed by atoms with Crippen molar-refractivity contribution in [2.45, 2.75) is 23.9 Å². The topological polar surface area (TPSA) is 211 Å². The lowest BCUT2D eigenvalue weighted by molar-refractivity contribution is -0.123. The Morgan fingerprint density at radius 3 is 1.09 bits per heavy atom. The summed E-state index contributed by atoms with van der Waals surface area (Å²) in [5, 5.41) is 66.2. The average Bonchev–Trinajstić information content (AvgIpc) is 2.97. The average molecular weight is 615 g/mol. The maximum atomic E-state index is 13.2. The van der Waals surface area contributed by atoms with Gasteiger partial charge < -0.3 is 63.0 Å². The molecular formula is C30H46N8O6. The third kappa shape index (κ3) is 9.94. The Labute approximate surface area is 257 Å². The van der Waals surface area contributed by atoms with Crippen LogP contribution in [0.25, 0.3) is 0 Å². The first-order chi connectivity index (χ1) is 21.2. The number of amides is 2. The third-order valence-electron chi connectivity index (χ3n) is 7.83. The largest absolute Gasteiger partial charge is 0.504 e. The van der Waals surface area contributed by atoms with Crippen molar-refractivity contribution >= 4 is 11.8 Å². The van der Waals surface area contributed by atoms with E-state index in [1.54, 1.807) is 12.1 Å². The standard InChI is InChI=1S/C30H46N8O6/c39-23-3-1-21(11-25(23)41)13-27(43)37-29-15-31-5-8-34-18-30(19-35-9-6-32-16-29,20-36-10-7-33-17-29)38-28(44)14-22-2-4-24(40)26(42)12-22/h1-4,11-12,31-36,39-42H,5-10,13-20H2,(H,37,43)(H,38,44). The van der Waals surface area contributed by atoms with Gasteiger partial charge in [-0.15, -0.1) is 0 Å². The van der Waals surface area contributed by atoms with Crippen molar-refractivity contribution in [1.29, 1.82) is 0 Å². The first-order valence-corrected chi connectivity index (χ1v) is 15.1. The number of benzene rings is 2. The van der Waals surface area contributed by atoms with Crippen molar-refractivity contribution in [3.05, 3.63) is 47.5 Å². The van der Waals surface area contributed by atoms with Crippen molar-refractivity contribution in [2.75, 3.05) is 78.5 Å². The molecular weight excluding hydrogens is 568 g/mol. The summed E-state index contributed by atoms with van der Waals surface area (Å²) in [5.74, 6) is -1.37. The summed E-state index contributed by atoms with van der Waals surface area (Å²) in [6.07, 6.45) is 0.115. The van der Waals surface area contributed by atoms with Crippen LogP contribution in [0.15, 0.2) is 36.4 Å². The highest BCUT2D eigenvalue weighted by molar-refractivity contribution is 5.80. The number of hydrogen-bond acceptors (Lipinski definition) is 12. The minimum absolute atomic E-state index is 0.0575. The van der Waals surface area contributed by atoms with E-state index in [0.717, 1.165) is 0 Å². The van der Waals surface area contributed by atoms with Gasteiger partial charge in [-0.2, -0.15) is 0 Å². The molecule has 3 fully saturated rings. The van der Waals surface area contributed by atoms with Crippen LogP contribution in [-0.4, -0.2) is 122 Å². The van der Waals surface area contributed by atoms with Crippen LogP contribution in [0, 0.1) is 0 Å². The molecule has 12 N–H and O–H groups in total. The van der Waals surface area contributed by atoms with Crippen molar-refractivity contribution in [1.82, 2.24) is 42.5 Å². The van der Waals surface area contributed by atoms with E-state index in [1.165, 1.54) is 24.3 Å². The fourth-order valence-electron chi connectivity index (χ4n) is 5.55. The molecule has 0 aliphatic carbocycles. The van der Waals surface area contributed by atoms with Crippen molar-refractivity contribution in [2.24, 2.45) is 0 Å². The van der Waals surface area contributed by atoms with Gasteiger partial charge in [0.05, 0.1) is 23.9 Å². The lowest BCUT2D eigenvalue weighted by Gasteiger charge is -2.39. The van der Waals surface area contributed by atoms with E-state index < -0.39 is 11.1 Å². The summed E-state index contributed by atoms with van der Waals surface area (Å²) in [4.78, 5) is 26.4. The Morgan fingerprint density at radius 2 is 0.818 bits per heavy atom. The number of rotatable bonds is 6. The maximum Gasteiger partial charge on any atom is 0.224 e. The highest BCUT2D eigenvalue weighted by atomic mass is 16.3. The van der Waals surface area contributed by atoms with Gasteiger partial charge in [0.25, 0.3) is 0 Å². The minimum atomic E-state index is -0.634. The number of fused-ring (bicyclic) bond motifs is 15. The summed E-state index contributed by atoms with van der Waals surface area (Å²) < 4.78 is 0. The van der Waals surface area contributed by atoms with Gasteiger partial charge in [0.15, 0.2) is 23.0 Å². The zero-order valence-corrected chi connectivity index (χ0v) is 25.0. The molecule has 0 atom stereocenters. The summed E-state index contributed by atoms with van der Waals surface area (Å²) >= 11 is 0. The van der Waals surface area contributed by atoms with Gasteiger partial charge in [0.2, 0.25) is 11.8 Å². The zero-order chi connectivity index (χ0) is 31.4. The smallest absolute Gasteiger partial charge is 0.224 e. The quantitative estimate of drug-likeness (QED) is 0.153. The van der Waals surface area contributed by atoms with Gasteiger partial charge in [0.1, 0.15) is 0 Å². The summed E-state index contributed by atoms with van der Waals surface area (Å²) in [5.41, 5.74) is -0.0754. The van der Waals surface area contributed by atoms with E-state index in [2.05, 4.69) is 42.5 Å². The second kappa shape index (κ2) is 15.9. The molecule has 0 spiro atoms. The van der Waals surface area contributed by atoms with Gasteiger partial charge in [-0.1, -0.05) is 12.1 Å². The van der Waals surface area contributed by atoms with E-state index >= 15 is 0 Å². The highest BCUT2D eigenvalue weighted by Gasteiger charge is 2.34. The van der Waals surface area contributed by atoms with Gasteiger partial charge in [-0.25, -0.2) is 0 Å². The maximum absolute atomic E-state index is 13.2. The van der Waals surface area contributed by atoms with Crippen LogP contribution in [0.2, 0.25) is 0 Å². The molecule has 0 aromatic heterocycles. The van der Waals surface area contributed by atoms with Crippen LogP contribution >= 0.6 is 0 Å². The molecule has 3 aliphatic rings. The summed E-state index contributed by atoms with van der Waals surface area (Å²) in [6.45, 7) is 6.78. The summed E-state index contributed by atoms with van der Waals surface area (Å²) in [7, 11) is 0. The molecule has 3 heterocycles. The molecule has 14 heteroatoms. The molecule has 14 nitrogen and oxygen atoms in total. The number of carbonyl (C=O) groups excluding carboxylic acids is 2. The van der Waals surface area contributed by atoms with E-state index in [4.69, 9.17) is 0 Å². The van der Waals surface area contributed by atoms with Gasteiger partial charge >= 0.3 is 0 Å². The van der Waals surface area contributed by atoms with E-state index in [1.807, 2.05) is 0 Å². The van der Waals surface area contributed by atoms with Crippen LogP contribution in [0.5, 0.6) is 23.0 Å². The molecule has 44 heavy (non-hydrogen) atoms. The molecule has 2 aromatic carbocycles. The number of phenols is 4. The molecule has 242 valence electrons. The molecule has 2 bridgehead atoms. The van der Waals surface area contributed by atoms with Crippen LogP contribution in [0.4, 0.5) is 0 Å². The molecule has 3 saturated heterocycles. The second-order valence-electron chi connectivity index (χ2n) is 11.7. The van der Waals surface area contributed by atoms with Crippen LogP contribution in [0.1, 0.15) is 11.1 Å². The van der Waals surface area contributed by atoms with Crippen molar-refractivity contribution in [3.8, 4) is 23.0 Å². The SMILES string of the molecule is O=C(Cc1ccc(O)c(O)c1)NC12CNCCNCC(NC(=O)Cc3ccc(O)c(O)c3)(CNCCNC1)CNCCNC2. The van der Waals surface area contributed by atoms with Gasteiger partial charge in [0, 0.05) is 78.5 Å². The Bertz CT molecular complexity index is 1120. The second-order valence-corrected chi connectivity index (χ2v) is 11.7. The Kier molecular flexibility index (Phi) is 12.0. The lowest BCUT2D eigenvalue weighted by atomic mass is 9.96. The number of aromatic hydroxyl groups is 4. The Morgan fingerprint density at radius 1 is 0.523 bits per heavy atom. The number of phenolic OH excluding ortho intramolecular Hbond substituents is 4. The highest BCUT2D eigenvalue weighted by Crippen LogP contribution is 2.26. The number of carbonyl (C=O) groups is 2. The molecule has 0 unspecified atom stereocenters. The zero-order valence-electron chi connectivity index (χ0n) is 25.0. The predicted octanol–water partition coefficient (Wildman–Crippen LogP) is -2.43. The van der Waals surface area contributed by atoms with E-state index in [0.29, 0.717) is 89.7 Å². The molecule has 2 aromatic rings. The predicted molar refractivity (Wildman–Crippen MR) is 166 cm³/mol. The number of hydrogen-bond donors (Lipinski definition) is 12. The molecule has 0 saturated carbocycles. The summed E-state index contributed by atoms with van der Waals surface area (Å²) in [6, 6.07) is 8.77. The Balaban J connectivity index is 1.43. The minimum Gasteiger partial charge on any atom is -0.504 e.